The Bertz CT molecular complexity index is 1170. The third kappa shape index (κ3) is 3.67. The molecule has 2 saturated heterocycles. The van der Waals surface area contributed by atoms with Crippen molar-refractivity contribution in [2.24, 2.45) is 16.8 Å². The number of hydrogen-bond donors (Lipinski definition) is 1. The Kier molecular flexibility index (Phi) is 6.19. The zero-order valence-electron chi connectivity index (χ0n) is 20.6. The van der Waals surface area contributed by atoms with Gasteiger partial charge in [-0.1, -0.05) is 13.3 Å². The molecule has 8 nitrogen and oxygen atoms in total. The lowest BCUT2D eigenvalue weighted by molar-refractivity contribution is -0.137. The minimum atomic E-state index is -1.23. The number of esters is 1. The van der Waals surface area contributed by atoms with E-state index in [4.69, 9.17) is 23.6 Å². The Morgan fingerprint density at radius 3 is 2.80 bits per heavy atom. The van der Waals surface area contributed by atoms with Gasteiger partial charge in [-0.3, -0.25) is 9.89 Å². The van der Waals surface area contributed by atoms with Gasteiger partial charge in [0.05, 0.1) is 68.7 Å². The van der Waals surface area contributed by atoms with E-state index in [0.29, 0.717) is 35.4 Å². The van der Waals surface area contributed by atoms with Crippen LogP contribution in [0.3, 0.4) is 0 Å². The van der Waals surface area contributed by atoms with Crippen molar-refractivity contribution in [1.82, 2.24) is 4.90 Å². The van der Waals surface area contributed by atoms with Gasteiger partial charge in [-0.2, -0.15) is 0 Å². The maximum atomic E-state index is 12.7. The molecule has 5 rings (SSSR count). The summed E-state index contributed by atoms with van der Waals surface area (Å²) in [5.74, 6) is 0.432. The first kappa shape index (κ1) is 23.6. The van der Waals surface area contributed by atoms with Crippen LogP contribution in [0.4, 0.5) is 5.69 Å². The number of ether oxygens (including phenoxy) is 3. The fourth-order valence-electron chi connectivity index (χ4n) is 6.15. The van der Waals surface area contributed by atoms with E-state index >= 15 is 0 Å². The minimum absolute atomic E-state index is 0.0716. The Hall–Kier alpha value is -3.10. The summed E-state index contributed by atoms with van der Waals surface area (Å²) in [6, 6.07) is 5.61. The molecule has 4 atom stereocenters. The number of fused-ring (bicyclic) bond motifs is 5. The highest BCUT2D eigenvalue weighted by atomic mass is 16.5. The van der Waals surface area contributed by atoms with Gasteiger partial charge >= 0.3 is 5.97 Å². The lowest BCUT2D eigenvalue weighted by Crippen LogP contribution is -2.60. The van der Waals surface area contributed by atoms with Crippen LogP contribution in [0.25, 0.3) is 11.1 Å². The highest BCUT2D eigenvalue weighted by Crippen LogP contribution is 2.54. The monoisotopic (exact) mass is 480 g/mol. The number of aliphatic hydroxyl groups is 1. The third-order valence-electron chi connectivity index (χ3n) is 7.88. The van der Waals surface area contributed by atoms with E-state index in [0.717, 1.165) is 36.3 Å². The van der Waals surface area contributed by atoms with E-state index < -0.39 is 5.60 Å². The van der Waals surface area contributed by atoms with Crippen LogP contribution < -0.4 is 4.74 Å². The first-order chi connectivity index (χ1) is 17.0. The first-order valence-corrected chi connectivity index (χ1v) is 12.1. The minimum Gasteiger partial charge on any atom is -0.504 e. The zero-order valence-corrected chi connectivity index (χ0v) is 20.6. The fourth-order valence-corrected chi connectivity index (χ4v) is 6.15. The quantitative estimate of drug-likeness (QED) is 0.379. The highest BCUT2D eigenvalue weighted by Gasteiger charge is 2.54. The summed E-state index contributed by atoms with van der Waals surface area (Å²) in [5, 5.41) is 12.2. The second kappa shape index (κ2) is 9.17. The van der Waals surface area contributed by atoms with E-state index in [2.05, 4.69) is 11.8 Å². The van der Waals surface area contributed by atoms with E-state index in [1.54, 1.807) is 26.7 Å². The van der Waals surface area contributed by atoms with Crippen molar-refractivity contribution in [1.29, 1.82) is 0 Å². The molecule has 2 aromatic rings. The zero-order chi connectivity index (χ0) is 24.7. The van der Waals surface area contributed by atoms with Gasteiger partial charge in [-0.25, -0.2) is 4.79 Å². The van der Waals surface area contributed by atoms with Gasteiger partial charge < -0.3 is 23.7 Å². The smallest absolute Gasteiger partial charge is 0.337 e. The van der Waals surface area contributed by atoms with E-state index in [9.17, 15) is 9.90 Å². The maximum absolute atomic E-state index is 12.7. The molecular formula is C27H32N2O6. The van der Waals surface area contributed by atoms with Crippen LogP contribution in [0.15, 0.2) is 52.0 Å². The molecule has 4 heterocycles. The Morgan fingerprint density at radius 1 is 1.31 bits per heavy atom. The Labute approximate surface area is 205 Å². The summed E-state index contributed by atoms with van der Waals surface area (Å²) in [7, 11) is 4.55. The number of furan rings is 1. The van der Waals surface area contributed by atoms with Crippen molar-refractivity contribution < 1.29 is 28.5 Å². The molecule has 3 aliphatic rings. The molecule has 0 amide bonds. The summed E-state index contributed by atoms with van der Waals surface area (Å²) >= 11 is 0. The van der Waals surface area contributed by atoms with Crippen molar-refractivity contribution >= 4 is 17.4 Å². The van der Waals surface area contributed by atoms with Crippen molar-refractivity contribution in [3.05, 3.63) is 48.1 Å². The molecule has 1 aromatic heterocycles. The first-order valence-electron chi connectivity index (χ1n) is 12.1. The van der Waals surface area contributed by atoms with Crippen molar-refractivity contribution in [3.8, 4) is 16.9 Å². The number of aliphatic imine (C=N–C) groups is 1. The van der Waals surface area contributed by atoms with Gasteiger partial charge in [-0.05, 0) is 42.9 Å². The number of rotatable bonds is 6. The Balaban J connectivity index is 1.60. The second-order valence-corrected chi connectivity index (χ2v) is 9.48. The summed E-state index contributed by atoms with van der Waals surface area (Å²) < 4.78 is 21.4. The number of piperidine rings is 2. The van der Waals surface area contributed by atoms with Crippen LogP contribution in [0.1, 0.15) is 31.7 Å². The number of hydrogen-bond acceptors (Lipinski definition) is 8. The van der Waals surface area contributed by atoms with Crippen LogP contribution >= 0.6 is 0 Å². The number of nitrogens with zero attached hydrogens (tertiary/aromatic N) is 2. The Morgan fingerprint density at radius 2 is 2.14 bits per heavy atom. The molecule has 0 bridgehead atoms. The average molecular weight is 481 g/mol. The van der Waals surface area contributed by atoms with Gasteiger partial charge in [0, 0.05) is 24.2 Å². The molecule has 8 heteroatoms. The molecule has 2 fully saturated rings. The molecule has 35 heavy (non-hydrogen) atoms. The normalized spacial score (nSPS) is 28.0. The summed E-state index contributed by atoms with van der Waals surface area (Å²) in [6.07, 6.45) is 6.91. The standard InChI is InChI=1S/C27H32N2O6/c1-5-16-13-29-10-9-27(31)23-22(33-3)7-6-18(17-8-11-35-14-17)24(23)28-25(27)21(29)12-19(16)20(15-32-2)26(30)34-4/h6-8,11,14-16,19,21,31H,5,9-10,12-13H2,1-4H3/b20-15+/t16-,19+,21+,27+/m1/s1. The van der Waals surface area contributed by atoms with Gasteiger partial charge in [0.15, 0.2) is 0 Å². The highest BCUT2D eigenvalue weighted by molar-refractivity contribution is 6.07. The van der Waals surface area contributed by atoms with Crippen molar-refractivity contribution in [2.45, 2.75) is 37.8 Å². The van der Waals surface area contributed by atoms with E-state index in [1.165, 1.54) is 13.4 Å². The number of carbonyl (C=O) groups is 1. The van der Waals surface area contributed by atoms with Gasteiger partial charge in [0.1, 0.15) is 11.4 Å². The number of methoxy groups -OCH3 is 3. The van der Waals surface area contributed by atoms with Crippen LogP contribution in [0, 0.1) is 11.8 Å². The molecule has 0 aliphatic carbocycles. The van der Waals surface area contributed by atoms with Gasteiger partial charge in [0.25, 0.3) is 0 Å². The third-order valence-corrected chi connectivity index (χ3v) is 7.88. The lowest BCUT2D eigenvalue weighted by Gasteiger charge is -2.50. The fraction of sp³-hybridized carbons (Fsp3) is 0.481. The summed E-state index contributed by atoms with van der Waals surface area (Å²) in [6.45, 7) is 3.68. The lowest BCUT2D eigenvalue weighted by atomic mass is 9.70. The second-order valence-electron chi connectivity index (χ2n) is 9.48. The summed E-state index contributed by atoms with van der Waals surface area (Å²) in [5.41, 5.74) is 3.24. The van der Waals surface area contributed by atoms with Gasteiger partial charge in [-0.15, -0.1) is 0 Å². The number of benzene rings is 1. The molecule has 0 unspecified atom stereocenters. The topological polar surface area (TPSA) is 93.7 Å². The molecule has 0 radical (unpaired) electrons. The molecule has 0 saturated carbocycles. The van der Waals surface area contributed by atoms with Crippen LogP contribution in [0.2, 0.25) is 0 Å². The SMILES string of the molecule is CC[C@@H]1CN2CC[C@@]3(O)C(=Nc4c(-c5ccoc5)ccc(OC)c43)[C@@H]2C[C@@H]1/C(=C\OC)C(=O)OC. The molecule has 1 N–H and O–H groups in total. The van der Waals surface area contributed by atoms with Crippen molar-refractivity contribution in [2.75, 3.05) is 34.4 Å². The van der Waals surface area contributed by atoms with Crippen LogP contribution in [0.5, 0.6) is 5.75 Å². The summed E-state index contributed by atoms with van der Waals surface area (Å²) in [4.78, 5) is 20.1. The van der Waals surface area contributed by atoms with Gasteiger partial charge in [0.2, 0.25) is 0 Å². The average Bonchev–Trinajstić information content (AvgIpc) is 3.52. The number of carbonyl (C=O) groups excluding carboxylic acids is 1. The molecule has 1 aromatic carbocycles. The van der Waals surface area contributed by atoms with Crippen LogP contribution in [-0.2, 0) is 19.9 Å². The van der Waals surface area contributed by atoms with Crippen LogP contribution in [-0.4, -0.2) is 62.1 Å². The predicted molar refractivity (Wildman–Crippen MR) is 131 cm³/mol. The predicted octanol–water partition coefficient (Wildman–Crippen LogP) is 4.05. The molecule has 186 valence electrons. The largest absolute Gasteiger partial charge is 0.504 e. The molecule has 0 spiro atoms. The maximum Gasteiger partial charge on any atom is 0.337 e. The van der Waals surface area contributed by atoms with Crippen molar-refractivity contribution in [3.63, 3.8) is 0 Å². The molecule has 3 aliphatic heterocycles. The molecular weight excluding hydrogens is 448 g/mol. The van der Waals surface area contributed by atoms with E-state index in [1.807, 2.05) is 18.2 Å². The van der Waals surface area contributed by atoms with E-state index in [-0.39, 0.29) is 23.8 Å².